The summed E-state index contributed by atoms with van der Waals surface area (Å²) in [5.41, 5.74) is 0.0336. The molecule has 1 spiro atoms. The number of hydrogen-bond donors (Lipinski definition) is 1. The highest BCUT2D eigenvalue weighted by Crippen LogP contribution is 2.33. The van der Waals surface area contributed by atoms with Gasteiger partial charge in [0.05, 0.1) is 12.1 Å². The summed E-state index contributed by atoms with van der Waals surface area (Å²) in [5.74, 6) is 0.595. The van der Waals surface area contributed by atoms with E-state index in [1.165, 1.54) is 0 Å². The summed E-state index contributed by atoms with van der Waals surface area (Å²) < 4.78 is 6.22. The van der Waals surface area contributed by atoms with Crippen molar-refractivity contribution in [3.8, 4) is 5.75 Å². The fraction of sp³-hybridized carbons (Fsp3) is 0.412. The van der Waals surface area contributed by atoms with Crippen molar-refractivity contribution >= 4 is 11.8 Å². The summed E-state index contributed by atoms with van der Waals surface area (Å²) in [5, 5.41) is 2.94. The van der Waals surface area contributed by atoms with E-state index < -0.39 is 5.60 Å². The molecule has 1 fully saturated rings. The van der Waals surface area contributed by atoms with Gasteiger partial charge in [0.15, 0.2) is 0 Å². The van der Waals surface area contributed by atoms with Crippen LogP contribution in [0.3, 0.4) is 0 Å². The third-order valence-electron chi connectivity index (χ3n) is 4.36. The average molecular weight is 300 g/mol. The maximum absolute atomic E-state index is 12.2. The Balaban J connectivity index is 1.86. The molecule has 5 nitrogen and oxygen atoms in total. The van der Waals surface area contributed by atoms with Crippen molar-refractivity contribution in [2.24, 2.45) is 0 Å². The molecule has 0 saturated carbocycles. The van der Waals surface area contributed by atoms with Gasteiger partial charge in [-0.1, -0.05) is 18.2 Å². The SMILES string of the molecule is C=CCN1CCC2(CCC1=O)CNC(=O)c1ccccc1O2. The number of nitrogens with one attached hydrogen (secondary N) is 1. The van der Waals surface area contributed by atoms with E-state index >= 15 is 0 Å². The van der Waals surface area contributed by atoms with Crippen molar-refractivity contribution in [1.82, 2.24) is 10.2 Å². The molecule has 1 saturated heterocycles. The van der Waals surface area contributed by atoms with Gasteiger partial charge in [-0.05, 0) is 18.6 Å². The average Bonchev–Trinajstić information content (AvgIpc) is 2.76. The highest BCUT2D eigenvalue weighted by atomic mass is 16.5. The van der Waals surface area contributed by atoms with E-state index in [4.69, 9.17) is 4.74 Å². The van der Waals surface area contributed by atoms with Gasteiger partial charge in [-0.2, -0.15) is 0 Å². The quantitative estimate of drug-likeness (QED) is 0.847. The number of fused-ring (bicyclic) bond motifs is 1. The first-order valence-corrected chi connectivity index (χ1v) is 7.58. The fourth-order valence-electron chi connectivity index (χ4n) is 3.06. The molecule has 5 heteroatoms. The van der Waals surface area contributed by atoms with Crippen LogP contribution in [0.2, 0.25) is 0 Å². The molecular weight excluding hydrogens is 280 g/mol. The number of rotatable bonds is 2. The molecule has 1 atom stereocenters. The molecule has 0 bridgehead atoms. The highest BCUT2D eigenvalue weighted by Gasteiger charge is 2.39. The van der Waals surface area contributed by atoms with E-state index in [0.29, 0.717) is 50.2 Å². The first-order valence-electron chi connectivity index (χ1n) is 7.58. The molecule has 2 aliphatic heterocycles. The Morgan fingerprint density at radius 2 is 2.14 bits per heavy atom. The van der Waals surface area contributed by atoms with Crippen LogP contribution < -0.4 is 10.1 Å². The maximum atomic E-state index is 12.2. The number of ether oxygens (including phenoxy) is 1. The summed E-state index contributed by atoms with van der Waals surface area (Å²) in [6.07, 6.45) is 3.46. The molecule has 1 unspecified atom stereocenters. The van der Waals surface area contributed by atoms with E-state index in [2.05, 4.69) is 11.9 Å². The minimum atomic E-state index is -0.520. The van der Waals surface area contributed by atoms with Crippen LogP contribution in [0.1, 0.15) is 29.6 Å². The van der Waals surface area contributed by atoms with Gasteiger partial charge in [0, 0.05) is 25.9 Å². The Hall–Kier alpha value is -2.30. The molecule has 2 heterocycles. The number of carbonyl (C=O) groups is 2. The van der Waals surface area contributed by atoms with Gasteiger partial charge in [-0.25, -0.2) is 0 Å². The predicted molar refractivity (Wildman–Crippen MR) is 82.8 cm³/mol. The molecule has 3 rings (SSSR count). The maximum Gasteiger partial charge on any atom is 0.255 e. The molecule has 116 valence electrons. The summed E-state index contributed by atoms with van der Waals surface area (Å²) in [4.78, 5) is 26.1. The van der Waals surface area contributed by atoms with Crippen LogP contribution in [0, 0.1) is 0 Å². The van der Waals surface area contributed by atoms with Crippen LogP contribution in [0.5, 0.6) is 5.75 Å². The Morgan fingerprint density at radius 3 is 2.95 bits per heavy atom. The number of para-hydroxylation sites is 1. The monoisotopic (exact) mass is 300 g/mol. The number of nitrogens with zero attached hydrogens (tertiary/aromatic N) is 1. The second-order valence-corrected chi connectivity index (χ2v) is 5.84. The van der Waals surface area contributed by atoms with Gasteiger partial charge in [-0.15, -0.1) is 6.58 Å². The Labute approximate surface area is 129 Å². The van der Waals surface area contributed by atoms with Crippen molar-refractivity contribution < 1.29 is 14.3 Å². The van der Waals surface area contributed by atoms with Gasteiger partial charge >= 0.3 is 0 Å². The lowest BCUT2D eigenvalue weighted by molar-refractivity contribution is -0.130. The molecule has 1 N–H and O–H groups in total. The minimum absolute atomic E-state index is 0.115. The highest BCUT2D eigenvalue weighted by molar-refractivity contribution is 5.97. The second-order valence-electron chi connectivity index (χ2n) is 5.84. The van der Waals surface area contributed by atoms with Crippen molar-refractivity contribution in [3.63, 3.8) is 0 Å². The van der Waals surface area contributed by atoms with Crippen LogP contribution in [0.15, 0.2) is 36.9 Å². The van der Waals surface area contributed by atoms with Gasteiger partial charge in [0.1, 0.15) is 11.4 Å². The topological polar surface area (TPSA) is 58.6 Å². The van der Waals surface area contributed by atoms with Gasteiger partial charge in [0.25, 0.3) is 5.91 Å². The second kappa shape index (κ2) is 5.83. The van der Waals surface area contributed by atoms with Crippen molar-refractivity contribution in [3.05, 3.63) is 42.5 Å². The molecule has 0 aromatic heterocycles. The van der Waals surface area contributed by atoms with Gasteiger partial charge in [0.2, 0.25) is 5.91 Å². The zero-order valence-electron chi connectivity index (χ0n) is 12.5. The van der Waals surface area contributed by atoms with Gasteiger partial charge in [-0.3, -0.25) is 9.59 Å². The minimum Gasteiger partial charge on any atom is -0.485 e. The van der Waals surface area contributed by atoms with E-state index in [0.717, 1.165) is 0 Å². The number of benzene rings is 1. The molecule has 2 amide bonds. The van der Waals surface area contributed by atoms with Crippen LogP contribution in [-0.2, 0) is 4.79 Å². The third-order valence-corrected chi connectivity index (χ3v) is 4.36. The molecule has 0 aliphatic carbocycles. The van der Waals surface area contributed by atoms with Crippen molar-refractivity contribution in [2.45, 2.75) is 24.9 Å². The number of likely N-dealkylation sites (tertiary alicyclic amines) is 1. The Kier molecular flexibility index (Phi) is 3.88. The third kappa shape index (κ3) is 2.71. The summed E-state index contributed by atoms with van der Waals surface area (Å²) in [6.45, 7) is 5.29. The lowest BCUT2D eigenvalue weighted by Gasteiger charge is -2.32. The van der Waals surface area contributed by atoms with E-state index in [1.54, 1.807) is 17.0 Å². The molecule has 1 aromatic carbocycles. The van der Waals surface area contributed by atoms with E-state index in [1.807, 2.05) is 18.2 Å². The van der Waals surface area contributed by atoms with Gasteiger partial charge < -0.3 is 15.0 Å². The van der Waals surface area contributed by atoms with E-state index in [9.17, 15) is 9.59 Å². The number of carbonyl (C=O) groups excluding carboxylic acids is 2. The summed E-state index contributed by atoms with van der Waals surface area (Å²) in [6, 6.07) is 7.25. The molecule has 1 aromatic rings. The van der Waals surface area contributed by atoms with Crippen molar-refractivity contribution in [1.29, 1.82) is 0 Å². The lowest BCUT2D eigenvalue weighted by atomic mass is 9.94. The first-order chi connectivity index (χ1) is 10.6. The zero-order valence-corrected chi connectivity index (χ0v) is 12.5. The standard InChI is InChI=1S/C17H20N2O3/c1-2-10-19-11-9-17(8-7-15(19)20)12-18-16(21)13-5-3-4-6-14(13)22-17/h2-6H,1,7-12H2,(H,18,21). The normalized spacial score (nSPS) is 24.8. The number of hydrogen-bond acceptors (Lipinski definition) is 3. The molecule has 22 heavy (non-hydrogen) atoms. The fourth-order valence-corrected chi connectivity index (χ4v) is 3.06. The van der Waals surface area contributed by atoms with Crippen molar-refractivity contribution in [2.75, 3.05) is 19.6 Å². The number of amides is 2. The first kappa shape index (κ1) is 14.6. The Bertz CT molecular complexity index is 614. The van der Waals surface area contributed by atoms with Crippen LogP contribution in [-0.4, -0.2) is 41.9 Å². The van der Waals surface area contributed by atoms with Crippen LogP contribution in [0.4, 0.5) is 0 Å². The van der Waals surface area contributed by atoms with E-state index in [-0.39, 0.29) is 11.8 Å². The largest absolute Gasteiger partial charge is 0.485 e. The predicted octanol–water partition coefficient (Wildman–Crippen LogP) is 1.75. The Morgan fingerprint density at radius 1 is 1.32 bits per heavy atom. The zero-order chi connectivity index (χ0) is 15.6. The van der Waals surface area contributed by atoms with Crippen LogP contribution in [0.25, 0.3) is 0 Å². The smallest absolute Gasteiger partial charge is 0.255 e. The summed E-state index contributed by atoms with van der Waals surface area (Å²) in [7, 11) is 0. The molecular formula is C17H20N2O3. The summed E-state index contributed by atoms with van der Waals surface area (Å²) >= 11 is 0. The molecule has 0 radical (unpaired) electrons. The lowest BCUT2D eigenvalue weighted by Crippen LogP contribution is -2.46. The molecule has 2 aliphatic rings. The van der Waals surface area contributed by atoms with Crippen LogP contribution >= 0.6 is 0 Å².